The van der Waals surface area contributed by atoms with Gasteiger partial charge in [-0.3, -0.25) is 4.79 Å². The highest BCUT2D eigenvalue weighted by Gasteiger charge is 2.24. The van der Waals surface area contributed by atoms with Gasteiger partial charge >= 0.3 is 0 Å². The Hall–Kier alpha value is -2.73. The topological polar surface area (TPSA) is 59.7 Å². The maximum absolute atomic E-state index is 12.9. The molecule has 6 heteroatoms. The molecule has 1 aliphatic rings. The molecule has 1 fully saturated rings. The number of carbonyl (C=O) groups is 1. The van der Waals surface area contributed by atoms with E-state index in [0.29, 0.717) is 17.8 Å². The first-order valence-electron chi connectivity index (χ1n) is 8.49. The molecule has 25 heavy (non-hydrogen) atoms. The van der Waals surface area contributed by atoms with Crippen molar-refractivity contribution in [3.63, 3.8) is 0 Å². The van der Waals surface area contributed by atoms with Gasteiger partial charge in [0.05, 0.1) is 23.6 Å². The van der Waals surface area contributed by atoms with Gasteiger partial charge in [0.15, 0.2) is 5.65 Å². The second kappa shape index (κ2) is 6.64. The second-order valence-electron chi connectivity index (χ2n) is 6.22. The summed E-state index contributed by atoms with van der Waals surface area (Å²) < 4.78 is 7.08. The van der Waals surface area contributed by atoms with Gasteiger partial charge in [-0.1, -0.05) is 30.3 Å². The molecule has 6 nitrogen and oxygen atoms in total. The maximum Gasteiger partial charge on any atom is 0.257 e. The summed E-state index contributed by atoms with van der Waals surface area (Å²) in [6.45, 7) is 1.92. The summed E-state index contributed by atoms with van der Waals surface area (Å²) in [6.07, 6.45) is 3.77. The van der Waals surface area contributed by atoms with Gasteiger partial charge < -0.3 is 9.64 Å². The van der Waals surface area contributed by atoms with Gasteiger partial charge in [-0.15, -0.1) is 0 Å². The normalized spacial score (nSPS) is 14.4. The van der Waals surface area contributed by atoms with Crippen LogP contribution >= 0.6 is 0 Å². The van der Waals surface area contributed by atoms with Crippen LogP contribution in [-0.2, 0) is 11.3 Å². The van der Waals surface area contributed by atoms with Gasteiger partial charge in [0.1, 0.15) is 0 Å². The molecule has 0 unspecified atom stereocenters. The Balaban J connectivity index is 1.81. The molecule has 1 aromatic carbocycles. The summed E-state index contributed by atoms with van der Waals surface area (Å²) in [4.78, 5) is 19.2. The summed E-state index contributed by atoms with van der Waals surface area (Å²) in [6, 6.07) is 11.9. The molecular weight excluding hydrogens is 316 g/mol. The summed E-state index contributed by atoms with van der Waals surface area (Å²) in [5.74, 6) is 0.00992. The first-order valence-corrected chi connectivity index (χ1v) is 8.49. The number of hydrogen-bond acceptors (Lipinski definition) is 4. The van der Waals surface area contributed by atoms with Crippen molar-refractivity contribution in [1.82, 2.24) is 19.5 Å². The molecule has 3 heterocycles. The van der Waals surface area contributed by atoms with Gasteiger partial charge in [-0.25, -0.2) is 9.50 Å². The van der Waals surface area contributed by atoms with E-state index in [1.807, 2.05) is 41.3 Å². The number of fused-ring (bicyclic) bond motifs is 1. The van der Waals surface area contributed by atoms with E-state index in [0.717, 1.165) is 42.9 Å². The van der Waals surface area contributed by atoms with Crippen molar-refractivity contribution in [3.05, 3.63) is 53.9 Å². The van der Waals surface area contributed by atoms with Crippen molar-refractivity contribution in [2.75, 3.05) is 20.2 Å². The zero-order chi connectivity index (χ0) is 17.2. The average Bonchev–Trinajstić information content (AvgIpc) is 3.32. The Morgan fingerprint density at radius 1 is 1.20 bits per heavy atom. The van der Waals surface area contributed by atoms with Gasteiger partial charge in [0, 0.05) is 38.0 Å². The Morgan fingerprint density at radius 3 is 2.68 bits per heavy atom. The van der Waals surface area contributed by atoms with E-state index >= 15 is 0 Å². The smallest absolute Gasteiger partial charge is 0.257 e. The summed E-state index contributed by atoms with van der Waals surface area (Å²) >= 11 is 0. The fourth-order valence-electron chi connectivity index (χ4n) is 3.28. The molecule has 2 aromatic heterocycles. The molecule has 0 aliphatic carbocycles. The van der Waals surface area contributed by atoms with Crippen molar-refractivity contribution in [1.29, 1.82) is 0 Å². The van der Waals surface area contributed by atoms with Crippen LogP contribution in [0.4, 0.5) is 0 Å². The Kier molecular flexibility index (Phi) is 4.19. The predicted octanol–water partition coefficient (Wildman–Crippen LogP) is 2.78. The van der Waals surface area contributed by atoms with Gasteiger partial charge in [-0.05, 0) is 12.8 Å². The second-order valence-corrected chi connectivity index (χ2v) is 6.22. The van der Waals surface area contributed by atoms with Crippen LogP contribution in [0.1, 0.15) is 28.9 Å². The van der Waals surface area contributed by atoms with E-state index in [1.165, 1.54) is 0 Å². The molecule has 0 N–H and O–H groups in total. The zero-order valence-corrected chi connectivity index (χ0v) is 14.2. The Labute approximate surface area is 146 Å². The maximum atomic E-state index is 12.9. The summed E-state index contributed by atoms with van der Waals surface area (Å²) in [5.41, 5.74) is 3.87. The van der Waals surface area contributed by atoms with Crippen LogP contribution in [0.15, 0.2) is 42.6 Å². The molecule has 0 spiro atoms. The minimum atomic E-state index is 0.00992. The van der Waals surface area contributed by atoms with Crippen LogP contribution in [0.3, 0.4) is 0 Å². The third-order valence-electron chi connectivity index (χ3n) is 4.56. The number of rotatable bonds is 4. The predicted molar refractivity (Wildman–Crippen MR) is 94.3 cm³/mol. The van der Waals surface area contributed by atoms with Crippen LogP contribution in [0, 0.1) is 0 Å². The van der Waals surface area contributed by atoms with Gasteiger partial charge in [0.2, 0.25) is 0 Å². The van der Waals surface area contributed by atoms with Crippen molar-refractivity contribution in [2.45, 2.75) is 19.4 Å². The van der Waals surface area contributed by atoms with Crippen LogP contribution < -0.4 is 0 Å². The molecule has 0 bridgehead atoms. The van der Waals surface area contributed by atoms with Crippen LogP contribution in [0.5, 0.6) is 0 Å². The highest BCUT2D eigenvalue weighted by atomic mass is 16.5. The quantitative estimate of drug-likeness (QED) is 0.735. The van der Waals surface area contributed by atoms with Crippen molar-refractivity contribution < 1.29 is 9.53 Å². The number of hydrogen-bond donors (Lipinski definition) is 0. The lowest BCUT2D eigenvalue weighted by atomic mass is 10.2. The first-order chi connectivity index (χ1) is 12.3. The highest BCUT2D eigenvalue weighted by molar-refractivity contribution is 5.95. The molecule has 1 amide bonds. The Morgan fingerprint density at radius 2 is 1.96 bits per heavy atom. The minimum Gasteiger partial charge on any atom is -0.378 e. The summed E-state index contributed by atoms with van der Waals surface area (Å²) in [7, 11) is 1.62. The molecule has 1 aliphatic heterocycles. The molecule has 128 valence electrons. The zero-order valence-electron chi connectivity index (χ0n) is 14.2. The fourth-order valence-corrected chi connectivity index (χ4v) is 3.28. The molecule has 0 atom stereocenters. The van der Waals surface area contributed by atoms with E-state index in [2.05, 4.69) is 10.1 Å². The molecular formula is C19H20N4O2. The largest absolute Gasteiger partial charge is 0.378 e. The van der Waals surface area contributed by atoms with E-state index in [-0.39, 0.29) is 5.91 Å². The molecule has 0 saturated carbocycles. The number of nitrogens with zero attached hydrogens (tertiary/aromatic N) is 4. The third-order valence-corrected chi connectivity index (χ3v) is 4.56. The highest BCUT2D eigenvalue weighted by Crippen LogP contribution is 2.22. The van der Waals surface area contributed by atoms with Crippen molar-refractivity contribution >= 4 is 11.6 Å². The lowest BCUT2D eigenvalue weighted by Gasteiger charge is -2.17. The SMILES string of the molecule is COCc1c(C(=O)N2CCCC2)cnc2cc(-c3ccccc3)nn12. The molecule has 3 aromatic rings. The Bertz CT molecular complexity index is 898. The van der Waals surface area contributed by atoms with E-state index < -0.39 is 0 Å². The van der Waals surface area contributed by atoms with Crippen LogP contribution in [0.2, 0.25) is 0 Å². The molecule has 4 rings (SSSR count). The van der Waals surface area contributed by atoms with Crippen LogP contribution in [0.25, 0.3) is 16.9 Å². The standard InChI is InChI=1S/C19H20N4O2/c1-25-13-17-15(19(24)22-9-5-6-10-22)12-20-18-11-16(21-23(17)18)14-7-3-2-4-8-14/h2-4,7-8,11-12H,5-6,9-10,13H2,1H3. The fraction of sp³-hybridized carbons (Fsp3) is 0.316. The minimum absolute atomic E-state index is 0.00992. The van der Waals surface area contributed by atoms with E-state index in [4.69, 9.17) is 4.74 Å². The number of methoxy groups -OCH3 is 1. The van der Waals surface area contributed by atoms with Crippen LogP contribution in [-0.4, -0.2) is 45.6 Å². The molecule has 0 radical (unpaired) electrons. The molecule has 1 saturated heterocycles. The number of ether oxygens (including phenoxy) is 1. The number of likely N-dealkylation sites (tertiary alicyclic amines) is 1. The number of carbonyl (C=O) groups excluding carboxylic acids is 1. The monoisotopic (exact) mass is 336 g/mol. The first kappa shape index (κ1) is 15.8. The van der Waals surface area contributed by atoms with Crippen molar-refractivity contribution in [2.24, 2.45) is 0 Å². The number of benzene rings is 1. The third kappa shape index (κ3) is 2.89. The summed E-state index contributed by atoms with van der Waals surface area (Å²) in [5, 5.41) is 4.67. The van der Waals surface area contributed by atoms with Gasteiger partial charge in [-0.2, -0.15) is 5.10 Å². The van der Waals surface area contributed by atoms with Crippen molar-refractivity contribution in [3.8, 4) is 11.3 Å². The number of aromatic nitrogens is 3. The van der Waals surface area contributed by atoms with E-state index in [9.17, 15) is 4.79 Å². The lowest BCUT2D eigenvalue weighted by Crippen LogP contribution is -2.29. The van der Waals surface area contributed by atoms with Gasteiger partial charge in [0.25, 0.3) is 5.91 Å². The van der Waals surface area contributed by atoms with E-state index in [1.54, 1.807) is 17.8 Å². The average molecular weight is 336 g/mol. The lowest BCUT2D eigenvalue weighted by molar-refractivity contribution is 0.0785. The number of amides is 1.